The Balaban J connectivity index is 1.80. The van der Waals surface area contributed by atoms with E-state index >= 15 is 0 Å². The van der Waals surface area contributed by atoms with E-state index in [2.05, 4.69) is 5.32 Å². The molecule has 0 aliphatic carbocycles. The Labute approximate surface area is 156 Å². The van der Waals surface area contributed by atoms with Gasteiger partial charge in [0, 0.05) is 24.2 Å². The largest absolute Gasteiger partial charge is 0.388 e. The highest BCUT2D eigenvalue weighted by Crippen LogP contribution is 2.30. The predicted molar refractivity (Wildman–Crippen MR) is 102 cm³/mol. The second-order valence-corrected chi connectivity index (χ2v) is 6.21. The van der Waals surface area contributed by atoms with Crippen LogP contribution in [0.4, 0.5) is 15.8 Å². The fraction of sp³-hybridized carbons (Fsp3) is 0.143. The second-order valence-electron chi connectivity index (χ2n) is 6.21. The first-order valence-corrected chi connectivity index (χ1v) is 8.52. The minimum atomic E-state index is -0.790. The monoisotopic (exact) mass is 366 g/mol. The summed E-state index contributed by atoms with van der Waals surface area (Å²) in [6, 6.07) is 21.3. The second kappa shape index (κ2) is 8.42. The van der Waals surface area contributed by atoms with Crippen LogP contribution in [0.2, 0.25) is 0 Å². The standard InChI is InChI=1S/C21H19FN2O3/c22-17-8-6-16(7-9-17)21(25)14-20(15-4-2-1-3-5-15)23-18-10-12-19(13-11-18)24(26)27/h1-13,20-21,23,25H,14H2. The summed E-state index contributed by atoms with van der Waals surface area (Å²) < 4.78 is 13.1. The van der Waals surface area contributed by atoms with Crippen molar-refractivity contribution >= 4 is 11.4 Å². The quantitative estimate of drug-likeness (QED) is 0.455. The normalized spacial score (nSPS) is 13.0. The molecule has 138 valence electrons. The van der Waals surface area contributed by atoms with Crippen LogP contribution in [0.1, 0.15) is 29.7 Å². The van der Waals surface area contributed by atoms with Crippen molar-refractivity contribution in [1.82, 2.24) is 0 Å². The molecule has 0 bridgehead atoms. The molecule has 3 rings (SSSR count). The fourth-order valence-corrected chi connectivity index (χ4v) is 2.89. The van der Waals surface area contributed by atoms with Gasteiger partial charge in [-0.2, -0.15) is 0 Å². The van der Waals surface area contributed by atoms with Crippen molar-refractivity contribution < 1.29 is 14.4 Å². The third-order valence-electron chi connectivity index (χ3n) is 4.33. The molecule has 6 heteroatoms. The van der Waals surface area contributed by atoms with Gasteiger partial charge in [0.2, 0.25) is 0 Å². The highest BCUT2D eigenvalue weighted by Gasteiger charge is 2.18. The van der Waals surface area contributed by atoms with Gasteiger partial charge in [-0.15, -0.1) is 0 Å². The number of nitro groups is 1. The van der Waals surface area contributed by atoms with Gasteiger partial charge in [-0.25, -0.2) is 4.39 Å². The van der Waals surface area contributed by atoms with Gasteiger partial charge in [0.1, 0.15) is 5.82 Å². The summed E-state index contributed by atoms with van der Waals surface area (Å²) in [5.74, 6) is -0.352. The van der Waals surface area contributed by atoms with Crippen molar-refractivity contribution in [3.8, 4) is 0 Å². The number of nitrogens with zero attached hydrogens (tertiary/aromatic N) is 1. The number of non-ortho nitro benzene ring substituents is 1. The van der Waals surface area contributed by atoms with Gasteiger partial charge < -0.3 is 10.4 Å². The van der Waals surface area contributed by atoms with E-state index in [-0.39, 0.29) is 17.5 Å². The number of nitrogens with one attached hydrogen (secondary N) is 1. The maximum atomic E-state index is 13.1. The number of hydrogen-bond donors (Lipinski definition) is 2. The molecule has 0 saturated heterocycles. The van der Waals surface area contributed by atoms with Crippen molar-refractivity contribution in [3.05, 3.63) is 106 Å². The van der Waals surface area contributed by atoms with Crippen LogP contribution in [-0.4, -0.2) is 10.0 Å². The predicted octanol–water partition coefficient (Wildman–Crippen LogP) is 5.01. The Morgan fingerprint density at radius 3 is 2.15 bits per heavy atom. The first-order valence-electron chi connectivity index (χ1n) is 8.52. The fourth-order valence-electron chi connectivity index (χ4n) is 2.89. The molecule has 3 aromatic carbocycles. The number of hydrogen-bond acceptors (Lipinski definition) is 4. The van der Waals surface area contributed by atoms with Gasteiger partial charge >= 0.3 is 0 Å². The highest BCUT2D eigenvalue weighted by molar-refractivity contribution is 5.50. The maximum Gasteiger partial charge on any atom is 0.269 e. The molecule has 27 heavy (non-hydrogen) atoms. The number of anilines is 1. The van der Waals surface area contributed by atoms with Crippen LogP contribution in [0.15, 0.2) is 78.9 Å². The van der Waals surface area contributed by atoms with Crippen LogP contribution in [0.3, 0.4) is 0 Å². The van der Waals surface area contributed by atoms with Gasteiger partial charge in [-0.05, 0) is 35.4 Å². The lowest BCUT2D eigenvalue weighted by Crippen LogP contribution is -2.15. The summed E-state index contributed by atoms with van der Waals surface area (Å²) in [5, 5.41) is 24.7. The third-order valence-corrected chi connectivity index (χ3v) is 4.33. The van der Waals surface area contributed by atoms with E-state index in [0.717, 1.165) is 5.56 Å². The molecular weight excluding hydrogens is 347 g/mol. The number of aliphatic hydroxyl groups is 1. The van der Waals surface area contributed by atoms with Crippen molar-refractivity contribution in [3.63, 3.8) is 0 Å². The third kappa shape index (κ3) is 4.89. The molecule has 0 aliphatic heterocycles. The zero-order valence-electron chi connectivity index (χ0n) is 14.5. The number of nitro benzene ring substituents is 1. The topological polar surface area (TPSA) is 75.4 Å². The van der Waals surface area contributed by atoms with Gasteiger partial charge in [0.25, 0.3) is 5.69 Å². The van der Waals surface area contributed by atoms with Crippen LogP contribution in [0, 0.1) is 15.9 Å². The lowest BCUT2D eigenvalue weighted by molar-refractivity contribution is -0.384. The lowest BCUT2D eigenvalue weighted by Gasteiger charge is -2.23. The molecule has 0 saturated carbocycles. The smallest absolute Gasteiger partial charge is 0.269 e. The first kappa shape index (κ1) is 18.5. The van der Waals surface area contributed by atoms with Crippen molar-refractivity contribution in [2.24, 2.45) is 0 Å². The van der Waals surface area contributed by atoms with Gasteiger partial charge in [-0.3, -0.25) is 10.1 Å². The molecule has 2 unspecified atom stereocenters. The first-order chi connectivity index (χ1) is 13.0. The Morgan fingerprint density at radius 2 is 1.56 bits per heavy atom. The molecule has 2 N–H and O–H groups in total. The number of halogens is 1. The minimum Gasteiger partial charge on any atom is -0.388 e. The molecular formula is C21H19FN2O3. The summed E-state index contributed by atoms with van der Waals surface area (Å²) in [4.78, 5) is 10.4. The molecule has 0 radical (unpaired) electrons. The molecule has 0 heterocycles. The van der Waals surface area contributed by atoms with E-state index in [1.54, 1.807) is 24.3 Å². The highest BCUT2D eigenvalue weighted by atomic mass is 19.1. The number of aliphatic hydroxyl groups excluding tert-OH is 1. The number of rotatable bonds is 7. The summed E-state index contributed by atoms with van der Waals surface area (Å²) in [6.45, 7) is 0. The molecule has 0 spiro atoms. The van der Waals surface area contributed by atoms with Crippen LogP contribution >= 0.6 is 0 Å². The summed E-state index contributed by atoms with van der Waals surface area (Å²) in [6.07, 6.45) is -0.437. The Kier molecular flexibility index (Phi) is 5.78. The van der Waals surface area contributed by atoms with Gasteiger partial charge in [-0.1, -0.05) is 42.5 Å². The molecule has 5 nitrogen and oxygen atoms in total. The van der Waals surface area contributed by atoms with Crippen molar-refractivity contribution in [2.75, 3.05) is 5.32 Å². The molecule has 2 atom stereocenters. The molecule has 0 aliphatic rings. The maximum absolute atomic E-state index is 13.1. The Bertz CT molecular complexity index is 884. The Morgan fingerprint density at radius 1 is 0.926 bits per heavy atom. The minimum absolute atomic E-state index is 0.0168. The molecule has 0 fully saturated rings. The van der Waals surface area contributed by atoms with E-state index in [1.807, 2.05) is 30.3 Å². The van der Waals surface area contributed by atoms with E-state index in [4.69, 9.17) is 0 Å². The zero-order chi connectivity index (χ0) is 19.2. The van der Waals surface area contributed by atoms with Crippen LogP contribution < -0.4 is 5.32 Å². The van der Waals surface area contributed by atoms with Crippen LogP contribution in [-0.2, 0) is 0 Å². The van der Waals surface area contributed by atoms with Crippen LogP contribution in [0.25, 0.3) is 0 Å². The number of benzene rings is 3. The van der Waals surface area contributed by atoms with Gasteiger partial charge in [0.05, 0.1) is 17.1 Å². The van der Waals surface area contributed by atoms with E-state index in [0.29, 0.717) is 17.7 Å². The van der Waals surface area contributed by atoms with Crippen molar-refractivity contribution in [2.45, 2.75) is 18.6 Å². The zero-order valence-corrected chi connectivity index (χ0v) is 14.5. The SMILES string of the molecule is O=[N+]([O-])c1ccc(NC(CC(O)c2ccc(F)cc2)c2ccccc2)cc1. The lowest BCUT2D eigenvalue weighted by atomic mass is 9.96. The molecule has 0 amide bonds. The summed E-state index contributed by atoms with van der Waals surface area (Å²) >= 11 is 0. The van der Waals surface area contributed by atoms with Crippen molar-refractivity contribution in [1.29, 1.82) is 0 Å². The Hall–Kier alpha value is -3.25. The summed E-state index contributed by atoms with van der Waals surface area (Å²) in [5.41, 5.74) is 2.32. The van der Waals surface area contributed by atoms with E-state index < -0.39 is 11.0 Å². The average Bonchev–Trinajstić information content (AvgIpc) is 2.69. The summed E-state index contributed by atoms with van der Waals surface area (Å²) in [7, 11) is 0. The van der Waals surface area contributed by atoms with Crippen LogP contribution in [0.5, 0.6) is 0 Å². The van der Waals surface area contributed by atoms with Gasteiger partial charge in [0.15, 0.2) is 0 Å². The van der Waals surface area contributed by atoms with E-state index in [1.165, 1.54) is 24.3 Å². The molecule has 3 aromatic rings. The molecule has 0 aromatic heterocycles. The van der Waals surface area contributed by atoms with E-state index in [9.17, 15) is 19.6 Å². The average molecular weight is 366 g/mol.